The lowest BCUT2D eigenvalue weighted by molar-refractivity contribution is -0.145. The van der Waals surface area contributed by atoms with Crippen molar-refractivity contribution in [3.05, 3.63) is 28.8 Å². The standard InChI is InChI=1S/C20H24ClN3O3/c1-5-10(4)24-17(25)14-15(18(24)26)20(23-16(14)9(2)3)12-8-11(21)6-7-13(12)22-19(20)27/h6-10,14-16,23H,5H2,1-4H3,(H,22,27)/t10-,14+,15+,16-,20+/m1/s1. The molecule has 2 fully saturated rings. The first-order chi connectivity index (χ1) is 12.7. The highest BCUT2D eigenvalue weighted by Crippen LogP contribution is 2.54. The van der Waals surface area contributed by atoms with Crippen molar-refractivity contribution in [1.29, 1.82) is 0 Å². The summed E-state index contributed by atoms with van der Waals surface area (Å²) < 4.78 is 0. The van der Waals surface area contributed by atoms with E-state index in [9.17, 15) is 14.4 Å². The lowest BCUT2D eigenvalue weighted by atomic mass is 9.76. The van der Waals surface area contributed by atoms with Gasteiger partial charge in [-0.05, 0) is 37.5 Å². The van der Waals surface area contributed by atoms with E-state index in [4.69, 9.17) is 11.6 Å². The summed E-state index contributed by atoms with van der Waals surface area (Å²) in [6.07, 6.45) is 0.679. The second-order valence-corrected chi connectivity index (χ2v) is 8.61. The predicted molar refractivity (Wildman–Crippen MR) is 102 cm³/mol. The van der Waals surface area contributed by atoms with Crippen molar-refractivity contribution in [3.8, 4) is 0 Å². The van der Waals surface area contributed by atoms with Crippen LogP contribution < -0.4 is 10.6 Å². The molecule has 1 aromatic rings. The number of nitrogens with one attached hydrogen (secondary N) is 2. The van der Waals surface area contributed by atoms with Gasteiger partial charge in [0.25, 0.3) is 0 Å². The minimum Gasteiger partial charge on any atom is -0.324 e. The van der Waals surface area contributed by atoms with Crippen molar-refractivity contribution in [1.82, 2.24) is 10.2 Å². The molecule has 1 spiro atoms. The lowest BCUT2D eigenvalue weighted by Gasteiger charge is -2.31. The zero-order valence-corrected chi connectivity index (χ0v) is 16.6. The summed E-state index contributed by atoms with van der Waals surface area (Å²) >= 11 is 6.21. The molecule has 3 aliphatic heterocycles. The van der Waals surface area contributed by atoms with Gasteiger partial charge in [-0.3, -0.25) is 24.6 Å². The molecule has 2 N–H and O–H groups in total. The Balaban J connectivity index is 1.92. The van der Waals surface area contributed by atoms with Crippen LogP contribution in [0.1, 0.15) is 39.7 Å². The van der Waals surface area contributed by atoms with Crippen LogP contribution in [0.15, 0.2) is 18.2 Å². The Morgan fingerprint density at radius 1 is 1.19 bits per heavy atom. The predicted octanol–water partition coefficient (Wildman–Crippen LogP) is 2.51. The van der Waals surface area contributed by atoms with Crippen LogP contribution in [0.5, 0.6) is 0 Å². The number of nitrogens with zero attached hydrogens (tertiary/aromatic N) is 1. The number of carbonyl (C=O) groups is 3. The molecule has 0 saturated carbocycles. The number of hydrogen-bond donors (Lipinski definition) is 2. The molecular weight excluding hydrogens is 366 g/mol. The van der Waals surface area contributed by atoms with Crippen LogP contribution in [-0.2, 0) is 19.9 Å². The normalized spacial score (nSPS) is 33.0. The van der Waals surface area contributed by atoms with E-state index < -0.39 is 17.4 Å². The van der Waals surface area contributed by atoms with Crippen molar-refractivity contribution in [2.75, 3.05) is 5.32 Å². The Bertz CT molecular complexity index is 855. The maximum atomic E-state index is 13.4. The van der Waals surface area contributed by atoms with Gasteiger partial charge < -0.3 is 5.32 Å². The molecule has 3 amide bonds. The molecule has 6 nitrogen and oxygen atoms in total. The fourth-order valence-electron chi connectivity index (χ4n) is 4.92. The number of carbonyl (C=O) groups excluding carboxylic acids is 3. The van der Waals surface area contributed by atoms with Gasteiger partial charge in [-0.25, -0.2) is 0 Å². The number of likely N-dealkylation sites (tertiary alicyclic amines) is 1. The van der Waals surface area contributed by atoms with Gasteiger partial charge in [0.2, 0.25) is 17.7 Å². The topological polar surface area (TPSA) is 78.5 Å². The van der Waals surface area contributed by atoms with Crippen molar-refractivity contribution >= 4 is 35.0 Å². The molecule has 0 aromatic heterocycles. The van der Waals surface area contributed by atoms with E-state index in [1.807, 2.05) is 27.7 Å². The number of imide groups is 1. The molecule has 5 atom stereocenters. The highest BCUT2D eigenvalue weighted by molar-refractivity contribution is 6.31. The van der Waals surface area contributed by atoms with Crippen LogP contribution in [0.2, 0.25) is 5.02 Å². The van der Waals surface area contributed by atoms with Crippen molar-refractivity contribution in [2.45, 2.75) is 51.7 Å². The van der Waals surface area contributed by atoms with E-state index in [1.54, 1.807) is 18.2 Å². The van der Waals surface area contributed by atoms with Crippen LogP contribution in [0.4, 0.5) is 5.69 Å². The molecule has 2 saturated heterocycles. The summed E-state index contributed by atoms with van der Waals surface area (Å²) in [6, 6.07) is 4.72. The molecule has 3 heterocycles. The quantitative estimate of drug-likeness (QED) is 0.778. The SMILES string of the molecule is CC[C@@H](C)N1C(=O)[C@@H]2[C@@H](C(C)C)N[C@]3(C(=O)Nc4ccc(Cl)cc43)[C@@H]2C1=O. The van der Waals surface area contributed by atoms with Gasteiger partial charge in [0, 0.05) is 28.4 Å². The first-order valence-corrected chi connectivity index (χ1v) is 9.87. The van der Waals surface area contributed by atoms with Crippen molar-refractivity contribution in [2.24, 2.45) is 17.8 Å². The summed E-state index contributed by atoms with van der Waals surface area (Å²) in [4.78, 5) is 41.2. The Morgan fingerprint density at radius 3 is 2.52 bits per heavy atom. The smallest absolute Gasteiger partial charge is 0.250 e. The largest absolute Gasteiger partial charge is 0.324 e. The minimum absolute atomic E-state index is 0.0848. The third kappa shape index (κ3) is 2.26. The molecule has 0 radical (unpaired) electrons. The maximum absolute atomic E-state index is 13.4. The van der Waals surface area contributed by atoms with E-state index in [0.717, 1.165) is 0 Å². The summed E-state index contributed by atoms with van der Waals surface area (Å²) in [5, 5.41) is 6.77. The second kappa shape index (κ2) is 6.04. The molecule has 144 valence electrons. The first kappa shape index (κ1) is 18.4. The average Bonchev–Trinajstić information content (AvgIpc) is 3.20. The molecule has 1 aromatic carbocycles. The van der Waals surface area contributed by atoms with E-state index >= 15 is 0 Å². The van der Waals surface area contributed by atoms with Gasteiger partial charge in [-0.15, -0.1) is 0 Å². The van der Waals surface area contributed by atoms with Gasteiger partial charge in [0.15, 0.2) is 0 Å². The van der Waals surface area contributed by atoms with Crippen LogP contribution >= 0.6 is 11.6 Å². The lowest BCUT2D eigenvalue weighted by Crippen LogP contribution is -2.54. The van der Waals surface area contributed by atoms with Crippen LogP contribution in [0.3, 0.4) is 0 Å². The molecule has 4 rings (SSSR count). The van der Waals surface area contributed by atoms with Crippen LogP contribution in [-0.4, -0.2) is 34.7 Å². The minimum atomic E-state index is -1.26. The molecular formula is C20H24ClN3O3. The molecule has 0 unspecified atom stereocenters. The maximum Gasteiger partial charge on any atom is 0.250 e. The van der Waals surface area contributed by atoms with Crippen LogP contribution in [0.25, 0.3) is 0 Å². The van der Waals surface area contributed by atoms with E-state index in [-0.39, 0.29) is 35.7 Å². The van der Waals surface area contributed by atoms with Gasteiger partial charge in [-0.2, -0.15) is 0 Å². The second-order valence-electron chi connectivity index (χ2n) is 8.17. The number of fused-ring (bicyclic) bond motifs is 4. The monoisotopic (exact) mass is 389 g/mol. The van der Waals surface area contributed by atoms with Gasteiger partial charge in [0.05, 0.1) is 11.8 Å². The fourth-order valence-corrected chi connectivity index (χ4v) is 5.09. The zero-order valence-electron chi connectivity index (χ0n) is 15.9. The van der Waals surface area contributed by atoms with Crippen LogP contribution in [0, 0.1) is 17.8 Å². The van der Waals surface area contributed by atoms with Crippen molar-refractivity contribution < 1.29 is 14.4 Å². The Hall–Kier alpha value is -1.92. The van der Waals surface area contributed by atoms with Gasteiger partial charge in [-0.1, -0.05) is 32.4 Å². The highest BCUT2D eigenvalue weighted by atomic mass is 35.5. The van der Waals surface area contributed by atoms with E-state index in [2.05, 4.69) is 10.6 Å². The molecule has 0 aliphatic carbocycles. The number of amides is 3. The number of anilines is 1. The third-order valence-corrected chi connectivity index (χ3v) is 6.63. The average molecular weight is 390 g/mol. The Morgan fingerprint density at radius 2 is 1.89 bits per heavy atom. The molecule has 7 heteroatoms. The number of halogens is 1. The first-order valence-electron chi connectivity index (χ1n) is 9.50. The third-order valence-electron chi connectivity index (χ3n) is 6.40. The van der Waals surface area contributed by atoms with Crippen molar-refractivity contribution in [3.63, 3.8) is 0 Å². The molecule has 3 aliphatic rings. The van der Waals surface area contributed by atoms with E-state index in [1.165, 1.54) is 4.90 Å². The highest BCUT2D eigenvalue weighted by Gasteiger charge is 2.71. The fraction of sp³-hybridized carbons (Fsp3) is 0.550. The van der Waals surface area contributed by atoms with Gasteiger partial charge >= 0.3 is 0 Å². The summed E-state index contributed by atoms with van der Waals surface area (Å²) in [6.45, 7) is 7.83. The summed E-state index contributed by atoms with van der Waals surface area (Å²) in [5.74, 6) is -1.96. The zero-order chi connectivity index (χ0) is 19.7. The molecule has 27 heavy (non-hydrogen) atoms. The molecule has 0 bridgehead atoms. The number of rotatable bonds is 3. The Kier molecular flexibility index (Phi) is 4.13. The Labute approximate surface area is 163 Å². The number of hydrogen-bond acceptors (Lipinski definition) is 4. The summed E-state index contributed by atoms with van der Waals surface area (Å²) in [7, 11) is 0. The number of benzene rings is 1. The van der Waals surface area contributed by atoms with E-state index in [0.29, 0.717) is 22.7 Å². The van der Waals surface area contributed by atoms with Gasteiger partial charge in [0.1, 0.15) is 5.54 Å². The summed E-state index contributed by atoms with van der Waals surface area (Å²) in [5.41, 5.74) is 0.0435.